The Morgan fingerprint density at radius 1 is 0.930 bits per heavy atom. The number of allylic oxidation sites excluding steroid dienone is 1. The molecular weight excluding hydrogens is 549 g/mol. The maximum Gasteiger partial charge on any atom is 0.261 e. The van der Waals surface area contributed by atoms with Gasteiger partial charge < -0.3 is 9.33 Å². The highest BCUT2D eigenvalue weighted by atomic mass is 28.4. The average molecular weight is 587 g/mol. The number of fused-ring (bicyclic) bond motifs is 3. The maximum absolute atomic E-state index is 13.2. The normalized spacial score (nSPS) is 17.1. The predicted molar refractivity (Wildman–Crippen MR) is 174 cm³/mol. The molecule has 1 aliphatic carbocycles. The van der Waals surface area contributed by atoms with E-state index < -0.39 is 8.32 Å². The molecule has 3 heterocycles. The molecule has 0 bridgehead atoms. The minimum Gasteiger partial charge on any atom is -0.401 e. The number of nitrogens with zero attached hydrogens (tertiary/aromatic N) is 4. The number of hydrogen-bond donors (Lipinski definition) is 0. The molecule has 7 heteroatoms. The standard InChI is InChI=1S/C36H38N4O2Si/c1-36(2,3)43(28-11-6-4-7-12-28,29-13-8-5-9-14-29)42-24-27-23-39(25-38-27)34-21-33-32-16-10-15-30(26-17-18-26)31(32)19-20-40(33)35(41)22-37-34/h4-16,21,23,25-26H,17-20,22,24H2,1-3H3. The fourth-order valence-corrected chi connectivity index (χ4v) is 11.4. The van der Waals surface area contributed by atoms with Crippen LogP contribution < -0.4 is 10.4 Å². The van der Waals surface area contributed by atoms with Crippen LogP contribution >= 0.6 is 0 Å². The smallest absolute Gasteiger partial charge is 0.261 e. The van der Waals surface area contributed by atoms with Crippen molar-refractivity contribution >= 4 is 36.1 Å². The highest BCUT2D eigenvalue weighted by Crippen LogP contribution is 2.45. The zero-order chi connectivity index (χ0) is 29.6. The first-order chi connectivity index (χ1) is 20.8. The minimum absolute atomic E-state index is 0.0408. The number of hydrogen-bond acceptors (Lipinski definition) is 4. The van der Waals surface area contributed by atoms with Crippen LogP contribution in [0.3, 0.4) is 0 Å². The van der Waals surface area contributed by atoms with Crippen LogP contribution in [0, 0.1) is 0 Å². The van der Waals surface area contributed by atoms with E-state index in [1.54, 1.807) is 6.33 Å². The van der Waals surface area contributed by atoms with E-state index in [2.05, 4.69) is 106 Å². The Balaban J connectivity index is 1.21. The lowest BCUT2D eigenvalue weighted by Gasteiger charge is -2.42. The molecule has 6 nitrogen and oxygen atoms in total. The van der Waals surface area contributed by atoms with E-state index in [-0.39, 0.29) is 17.5 Å². The Labute approximate surface area is 254 Å². The number of carbonyl (C=O) groups is 1. The van der Waals surface area contributed by atoms with Gasteiger partial charge in [-0.2, -0.15) is 0 Å². The van der Waals surface area contributed by atoms with Crippen LogP contribution in [-0.4, -0.2) is 47.6 Å². The lowest BCUT2D eigenvalue weighted by molar-refractivity contribution is -0.126. The lowest BCUT2D eigenvalue weighted by Crippen LogP contribution is -2.66. The molecule has 3 aliphatic rings. The van der Waals surface area contributed by atoms with E-state index in [0.29, 0.717) is 19.1 Å². The fourth-order valence-electron chi connectivity index (χ4n) is 6.87. The third-order valence-corrected chi connectivity index (χ3v) is 14.1. The number of imidazole rings is 1. The number of amides is 1. The van der Waals surface area contributed by atoms with Gasteiger partial charge >= 0.3 is 0 Å². The average Bonchev–Trinajstić information content (AvgIpc) is 3.79. The second kappa shape index (κ2) is 10.9. The van der Waals surface area contributed by atoms with Gasteiger partial charge in [-0.3, -0.25) is 14.4 Å². The van der Waals surface area contributed by atoms with Crippen molar-refractivity contribution in [3.05, 3.63) is 120 Å². The molecule has 218 valence electrons. The molecule has 43 heavy (non-hydrogen) atoms. The van der Waals surface area contributed by atoms with E-state index in [9.17, 15) is 4.79 Å². The molecule has 0 radical (unpaired) electrons. The first-order valence-corrected chi connectivity index (χ1v) is 17.2. The quantitative estimate of drug-likeness (QED) is 0.280. The summed E-state index contributed by atoms with van der Waals surface area (Å²) >= 11 is 0. The molecule has 1 saturated carbocycles. The van der Waals surface area contributed by atoms with Crippen molar-refractivity contribution in [2.24, 2.45) is 4.99 Å². The molecule has 0 saturated heterocycles. The first-order valence-electron chi connectivity index (χ1n) is 15.3. The molecule has 0 unspecified atom stereocenters. The van der Waals surface area contributed by atoms with Crippen LogP contribution in [0.5, 0.6) is 0 Å². The Morgan fingerprint density at radius 3 is 2.28 bits per heavy atom. The lowest BCUT2D eigenvalue weighted by atomic mass is 9.90. The van der Waals surface area contributed by atoms with Crippen LogP contribution in [0.25, 0.3) is 5.70 Å². The van der Waals surface area contributed by atoms with Crippen LogP contribution in [0.2, 0.25) is 5.04 Å². The summed E-state index contributed by atoms with van der Waals surface area (Å²) in [6.07, 6.45) is 9.28. The molecule has 0 N–H and O–H groups in total. The number of aliphatic imine (C=N–C) groups is 1. The van der Waals surface area contributed by atoms with E-state index in [1.165, 1.54) is 34.3 Å². The van der Waals surface area contributed by atoms with Gasteiger partial charge in [-0.15, -0.1) is 0 Å². The first kappa shape index (κ1) is 27.7. The van der Waals surface area contributed by atoms with Crippen LogP contribution in [0.4, 0.5) is 0 Å². The van der Waals surface area contributed by atoms with Crippen molar-refractivity contribution in [3.8, 4) is 0 Å². The Hall–Kier alpha value is -4.07. The summed E-state index contributed by atoms with van der Waals surface area (Å²) in [4.78, 5) is 24.6. The van der Waals surface area contributed by atoms with Gasteiger partial charge in [0.1, 0.15) is 18.7 Å². The van der Waals surface area contributed by atoms with E-state index >= 15 is 0 Å². The van der Waals surface area contributed by atoms with Crippen molar-refractivity contribution < 1.29 is 9.22 Å². The molecular formula is C36H38N4O2Si. The number of benzene rings is 3. The van der Waals surface area contributed by atoms with Crippen molar-refractivity contribution in [1.82, 2.24) is 14.5 Å². The fraction of sp³-hybridized carbons (Fsp3) is 0.306. The molecule has 7 rings (SSSR count). The zero-order valence-corrected chi connectivity index (χ0v) is 26.2. The summed E-state index contributed by atoms with van der Waals surface area (Å²) < 4.78 is 9.05. The summed E-state index contributed by atoms with van der Waals surface area (Å²) in [5, 5.41) is 2.36. The van der Waals surface area contributed by atoms with Crippen molar-refractivity contribution in [3.63, 3.8) is 0 Å². The van der Waals surface area contributed by atoms with E-state index in [4.69, 9.17) is 14.4 Å². The van der Waals surface area contributed by atoms with Gasteiger partial charge in [0, 0.05) is 24.4 Å². The molecule has 0 atom stereocenters. The molecule has 0 spiro atoms. The Morgan fingerprint density at radius 2 is 1.63 bits per heavy atom. The van der Waals surface area contributed by atoms with Crippen molar-refractivity contribution in [1.29, 1.82) is 0 Å². The van der Waals surface area contributed by atoms with Gasteiger partial charge in [0.15, 0.2) is 0 Å². The second-order valence-corrected chi connectivity index (χ2v) is 17.2. The third kappa shape index (κ3) is 5.00. The predicted octanol–water partition coefficient (Wildman–Crippen LogP) is 5.52. The molecule has 1 fully saturated rings. The Bertz CT molecular complexity index is 1680. The van der Waals surface area contributed by atoms with Gasteiger partial charge in [0.2, 0.25) is 5.91 Å². The van der Waals surface area contributed by atoms with Gasteiger partial charge in [0.25, 0.3) is 8.32 Å². The van der Waals surface area contributed by atoms with Crippen LogP contribution in [0.1, 0.15) is 61.9 Å². The van der Waals surface area contributed by atoms with Gasteiger partial charge in [-0.25, -0.2) is 4.98 Å². The van der Waals surface area contributed by atoms with Crippen molar-refractivity contribution in [2.75, 3.05) is 13.1 Å². The van der Waals surface area contributed by atoms with Crippen LogP contribution in [0.15, 0.2) is 102 Å². The minimum atomic E-state index is -2.69. The monoisotopic (exact) mass is 586 g/mol. The topological polar surface area (TPSA) is 59.7 Å². The summed E-state index contributed by atoms with van der Waals surface area (Å²) in [6, 6.07) is 27.9. The highest BCUT2D eigenvalue weighted by Gasteiger charge is 2.50. The molecule has 4 aromatic rings. The number of aromatic nitrogens is 2. The molecule has 2 aliphatic heterocycles. The van der Waals surface area contributed by atoms with E-state index in [1.807, 2.05) is 15.7 Å². The highest BCUT2D eigenvalue weighted by molar-refractivity contribution is 6.99. The molecule has 3 aromatic carbocycles. The number of rotatable bonds is 6. The van der Waals surface area contributed by atoms with Gasteiger partial charge in [-0.1, -0.05) is 99.6 Å². The molecule has 1 aromatic heterocycles. The van der Waals surface area contributed by atoms with E-state index in [0.717, 1.165) is 29.2 Å². The summed E-state index contributed by atoms with van der Waals surface area (Å²) in [6.45, 7) is 8.05. The second-order valence-electron chi connectivity index (χ2n) is 12.9. The molecule has 1 amide bonds. The van der Waals surface area contributed by atoms with Crippen LogP contribution in [-0.2, 0) is 22.2 Å². The SMILES string of the molecule is CC(C)(C)[Si](OCc1cn(C2=NCC(=O)N3CCc4c(cccc4C4CC4)C3=C2)cn1)(c1ccccc1)c1ccccc1. The van der Waals surface area contributed by atoms with Gasteiger partial charge in [-0.05, 0) is 51.7 Å². The zero-order valence-electron chi connectivity index (χ0n) is 25.2. The maximum atomic E-state index is 13.2. The van der Waals surface area contributed by atoms with Gasteiger partial charge in [0.05, 0.1) is 18.0 Å². The largest absolute Gasteiger partial charge is 0.401 e. The summed E-state index contributed by atoms with van der Waals surface area (Å²) in [5.41, 5.74) is 5.80. The van der Waals surface area contributed by atoms with Crippen molar-refractivity contribution in [2.45, 2.75) is 57.6 Å². The number of carbonyl (C=O) groups excluding carboxylic acids is 1. The third-order valence-electron chi connectivity index (χ3n) is 9.08. The summed E-state index contributed by atoms with van der Waals surface area (Å²) in [7, 11) is -2.69. The Kier molecular flexibility index (Phi) is 7.02. The summed E-state index contributed by atoms with van der Waals surface area (Å²) in [5.74, 6) is 1.43.